The average molecular weight is 522 g/mol. The number of para-hydroxylation sites is 1. The van der Waals surface area contributed by atoms with E-state index >= 15 is 0 Å². The molecule has 4 rings (SSSR count). The number of halogens is 2. The quantitative estimate of drug-likeness (QED) is 0.300. The Morgan fingerprint density at radius 2 is 1.77 bits per heavy atom. The van der Waals surface area contributed by atoms with Crippen LogP contribution in [0.2, 0.25) is 10.0 Å². The lowest BCUT2D eigenvalue weighted by Gasteiger charge is -2.20. The topological polar surface area (TPSA) is 73.2 Å². The van der Waals surface area contributed by atoms with Crippen molar-refractivity contribution in [2.45, 2.75) is 25.5 Å². The number of hydrogen-bond donors (Lipinski definition) is 1. The predicted molar refractivity (Wildman–Crippen MR) is 143 cm³/mol. The summed E-state index contributed by atoms with van der Waals surface area (Å²) in [5.74, 6) is -0.807. The molecule has 5 nitrogen and oxygen atoms in total. The maximum absolute atomic E-state index is 13.7. The molecular formula is C27H21Cl2N3O2S. The van der Waals surface area contributed by atoms with Crippen molar-refractivity contribution in [3.05, 3.63) is 104 Å². The molecule has 3 aromatic rings. The lowest BCUT2D eigenvalue weighted by Crippen LogP contribution is -2.31. The van der Waals surface area contributed by atoms with E-state index in [0.29, 0.717) is 32.9 Å². The van der Waals surface area contributed by atoms with Gasteiger partial charge in [0.2, 0.25) is 5.91 Å². The van der Waals surface area contributed by atoms with E-state index in [4.69, 9.17) is 23.2 Å². The molecule has 0 spiro atoms. The van der Waals surface area contributed by atoms with Crippen molar-refractivity contribution < 1.29 is 9.59 Å². The van der Waals surface area contributed by atoms with Gasteiger partial charge in [0.25, 0.3) is 5.91 Å². The Labute approximate surface area is 218 Å². The molecule has 1 N–H and O–H groups in total. The molecule has 35 heavy (non-hydrogen) atoms. The molecule has 1 aliphatic rings. The Hall–Kier alpha value is -3.24. The first-order chi connectivity index (χ1) is 16.8. The maximum atomic E-state index is 13.7. The van der Waals surface area contributed by atoms with Crippen molar-refractivity contribution in [2.75, 3.05) is 10.2 Å². The number of nitrogens with one attached hydrogen (secondary N) is 1. The third kappa shape index (κ3) is 5.23. The third-order valence-corrected chi connectivity index (χ3v) is 7.73. The van der Waals surface area contributed by atoms with Crippen LogP contribution >= 0.6 is 35.0 Å². The highest BCUT2D eigenvalue weighted by Crippen LogP contribution is 2.43. The van der Waals surface area contributed by atoms with Crippen LogP contribution in [0.15, 0.2) is 77.3 Å². The molecule has 0 aromatic heterocycles. The van der Waals surface area contributed by atoms with Gasteiger partial charge in [0, 0.05) is 5.69 Å². The van der Waals surface area contributed by atoms with Crippen molar-refractivity contribution in [1.29, 1.82) is 5.26 Å². The van der Waals surface area contributed by atoms with Crippen molar-refractivity contribution in [1.82, 2.24) is 0 Å². The number of carbonyl (C=O) groups excluding carboxylic acids is 2. The first-order valence-electron chi connectivity index (χ1n) is 10.8. The molecule has 1 atom stereocenters. The van der Waals surface area contributed by atoms with E-state index in [1.54, 1.807) is 30.3 Å². The van der Waals surface area contributed by atoms with Gasteiger partial charge in [-0.3, -0.25) is 14.5 Å². The molecular weight excluding hydrogens is 501 g/mol. The summed E-state index contributed by atoms with van der Waals surface area (Å²) in [6.07, 6.45) is 0.299. The largest absolute Gasteiger partial charge is 0.321 e. The molecule has 0 aliphatic carbocycles. The van der Waals surface area contributed by atoms with Gasteiger partial charge in [-0.05, 0) is 55.7 Å². The van der Waals surface area contributed by atoms with Crippen LogP contribution in [0.5, 0.6) is 0 Å². The van der Waals surface area contributed by atoms with Crippen molar-refractivity contribution in [3.8, 4) is 6.07 Å². The zero-order valence-electron chi connectivity index (χ0n) is 19.0. The van der Waals surface area contributed by atoms with Gasteiger partial charge in [-0.15, -0.1) is 0 Å². The molecule has 1 aliphatic heterocycles. The highest BCUT2D eigenvalue weighted by Gasteiger charge is 2.41. The first kappa shape index (κ1) is 24.9. The summed E-state index contributed by atoms with van der Waals surface area (Å²) in [6.45, 7) is 3.83. The number of carbonyl (C=O) groups is 2. The van der Waals surface area contributed by atoms with Crippen molar-refractivity contribution in [3.63, 3.8) is 0 Å². The van der Waals surface area contributed by atoms with Gasteiger partial charge in [0.1, 0.15) is 16.7 Å². The second kappa shape index (κ2) is 10.6. The van der Waals surface area contributed by atoms with Crippen LogP contribution < -0.4 is 10.2 Å². The minimum absolute atomic E-state index is 0.133. The number of nitrogens with zero attached hydrogens (tertiary/aromatic N) is 2. The molecule has 0 bridgehead atoms. The van der Waals surface area contributed by atoms with Crippen LogP contribution in [0.3, 0.4) is 0 Å². The summed E-state index contributed by atoms with van der Waals surface area (Å²) >= 11 is 13.7. The van der Waals surface area contributed by atoms with E-state index in [-0.39, 0.29) is 11.5 Å². The fraction of sp³-hybridized carbons (Fsp3) is 0.148. The normalized spacial score (nSPS) is 16.7. The van der Waals surface area contributed by atoms with Gasteiger partial charge in [0.05, 0.1) is 21.0 Å². The number of nitriles is 1. The minimum atomic E-state index is -0.587. The standard InChI is InChI=1S/C27H21Cl2N3O2S/c1-16-10-12-19(13-11-16)31-25(33)20(15-30)27-32(22-9-4-3-6-17(22)2)26(34)23(35-27)14-18-7-5-8-21(28)24(18)29/h3-13,23H,14H2,1-2H3,(H,31,33). The smallest absolute Gasteiger partial charge is 0.269 e. The Kier molecular flexibility index (Phi) is 7.51. The van der Waals surface area contributed by atoms with E-state index in [1.807, 2.05) is 56.3 Å². The molecule has 1 unspecified atom stereocenters. The summed E-state index contributed by atoms with van der Waals surface area (Å²) in [7, 11) is 0. The molecule has 1 heterocycles. The van der Waals surface area contributed by atoms with Gasteiger partial charge < -0.3 is 5.32 Å². The Morgan fingerprint density at radius 3 is 2.46 bits per heavy atom. The summed E-state index contributed by atoms with van der Waals surface area (Å²) in [4.78, 5) is 28.3. The zero-order valence-corrected chi connectivity index (χ0v) is 21.3. The summed E-state index contributed by atoms with van der Waals surface area (Å²) < 4.78 is 0. The van der Waals surface area contributed by atoms with E-state index in [1.165, 1.54) is 16.7 Å². The zero-order chi connectivity index (χ0) is 25.1. The van der Waals surface area contributed by atoms with E-state index < -0.39 is 11.2 Å². The molecule has 2 amide bonds. The highest BCUT2D eigenvalue weighted by atomic mass is 35.5. The van der Waals surface area contributed by atoms with Crippen LogP contribution in [0, 0.1) is 25.2 Å². The van der Waals surface area contributed by atoms with Gasteiger partial charge in [-0.25, -0.2) is 0 Å². The Balaban J connectivity index is 1.76. The average Bonchev–Trinajstić information content (AvgIpc) is 3.14. The first-order valence-corrected chi connectivity index (χ1v) is 12.4. The lowest BCUT2D eigenvalue weighted by molar-refractivity contribution is -0.117. The monoisotopic (exact) mass is 521 g/mol. The second-order valence-electron chi connectivity index (χ2n) is 8.10. The molecule has 1 fully saturated rings. The number of rotatable bonds is 5. The van der Waals surface area contributed by atoms with E-state index in [9.17, 15) is 14.9 Å². The Bertz CT molecular complexity index is 1380. The minimum Gasteiger partial charge on any atom is -0.321 e. The fourth-order valence-electron chi connectivity index (χ4n) is 3.76. The number of anilines is 2. The van der Waals surface area contributed by atoms with Crippen molar-refractivity contribution in [2.24, 2.45) is 0 Å². The van der Waals surface area contributed by atoms with Gasteiger partial charge >= 0.3 is 0 Å². The predicted octanol–water partition coefficient (Wildman–Crippen LogP) is 6.68. The summed E-state index contributed by atoms with van der Waals surface area (Å²) in [5, 5.41) is 13.3. The van der Waals surface area contributed by atoms with Crippen LogP contribution in [0.25, 0.3) is 0 Å². The van der Waals surface area contributed by atoms with Crippen LogP contribution in [-0.2, 0) is 16.0 Å². The molecule has 0 saturated carbocycles. The third-order valence-electron chi connectivity index (χ3n) is 5.61. The molecule has 3 aromatic carbocycles. The summed E-state index contributed by atoms with van der Waals surface area (Å²) in [5.41, 5.74) is 3.66. The van der Waals surface area contributed by atoms with Gasteiger partial charge in [-0.2, -0.15) is 5.26 Å². The van der Waals surface area contributed by atoms with Crippen LogP contribution in [0.4, 0.5) is 11.4 Å². The van der Waals surface area contributed by atoms with E-state index in [2.05, 4.69) is 5.32 Å². The van der Waals surface area contributed by atoms with E-state index in [0.717, 1.165) is 16.7 Å². The maximum Gasteiger partial charge on any atom is 0.269 e. The highest BCUT2D eigenvalue weighted by molar-refractivity contribution is 8.05. The van der Waals surface area contributed by atoms with Crippen LogP contribution in [-0.4, -0.2) is 17.1 Å². The number of hydrogen-bond acceptors (Lipinski definition) is 4. The van der Waals surface area contributed by atoms with Crippen molar-refractivity contribution >= 4 is 58.2 Å². The van der Waals surface area contributed by atoms with Crippen LogP contribution in [0.1, 0.15) is 16.7 Å². The fourth-order valence-corrected chi connectivity index (χ4v) is 5.44. The SMILES string of the molecule is Cc1ccc(NC(=O)C(C#N)=C2SC(Cc3cccc(Cl)c3Cl)C(=O)N2c2ccccc2C)cc1. The number of benzene rings is 3. The number of amides is 2. The summed E-state index contributed by atoms with van der Waals surface area (Å²) in [6, 6.07) is 21.9. The Morgan fingerprint density at radius 1 is 1.06 bits per heavy atom. The lowest BCUT2D eigenvalue weighted by atomic mass is 10.1. The molecule has 1 saturated heterocycles. The van der Waals surface area contributed by atoms with Gasteiger partial charge in [0.15, 0.2) is 0 Å². The molecule has 0 radical (unpaired) electrons. The number of thioether (sulfide) groups is 1. The molecule has 176 valence electrons. The second-order valence-corrected chi connectivity index (χ2v) is 10.1. The molecule has 8 heteroatoms. The number of aryl methyl sites for hydroxylation is 2. The van der Waals surface area contributed by atoms with Gasteiger partial charge in [-0.1, -0.05) is 83.0 Å².